The molecule has 1 aliphatic heterocycles. The Morgan fingerprint density at radius 2 is 2.17 bits per heavy atom. The summed E-state index contributed by atoms with van der Waals surface area (Å²) in [6, 6.07) is 9.73. The number of hydrogen-bond donors (Lipinski definition) is 1. The van der Waals surface area contributed by atoms with Crippen molar-refractivity contribution in [3.63, 3.8) is 0 Å². The lowest BCUT2D eigenvalue weighted by molar-refractivity contribution is -0.138. The van der Waals surface area contributed by atoms with Crippen molar-refractivity contribution in [1.82, 2.24) is 4.90 Å². The lowest BCUT2D eigenvalue weighted by Gasteiger charge is -2.23. The molecule has 0 aliphatic carbocycles. The van der Waals surface area contributed by atoms with Crippen molar-refractivity contribution in [3.8, 4) is 6.07 Å². The van der Waals surface area contributed by atoms with E-state index in [2.05, 4.69) is 11.0 Å². The summed E-state index contributed by atoms with van der Waals surface area (Å²) in [5.41, 5.74) is 1.79. The van der Waals surface area contributed by atoms with Gasteiger partial charge in [-0.25, -0.2) is 0 Å². The first-order chi connectivity index (χ1) is 8.69. The highest BCUT2D eigenvalue weighted by molar-refractivity contribution is 5.67. The van der Waals surface area contributed by atoms with E-state index < -0.39 is 5.97 Å². The summed E-state index contributed by atoms with van der Waals surface area (Å²) in [6.07, 6.45) is 2.24. The highest BCUT2D eigenvalue weighted by Crippen LogP contribution is 2.22. The molecule has 0 bridgehead atoms. The van der Waals surface area contributed by atoms with Crippen molar-refractivity contribution < 1.29 is 9.90 Å². The second-order valence-corrected chi connectivity index (χ2v) is 4.67. The first kappa shape index (κ1) is 12.6. The molecular formula is C14H16N2O2. The van der Waals surface area contributed by atoms with Crippen LogP contribution in [0.1, 0.15) is 30.4 Å². The Hall–Kier alpha value is -1.86. The molecule has 1 fully saturated rings. The Bertz CT molecular complexity index is 462. The van der Waals surface area contributed by atoms with Crippen LogP contribution in [0.15, 0.2) is 24.3 Å². The van der Waals surface area contributed by atoms with Crippen molar-refractivity contribution in [1.29, 1.82) is 5.26 Å². The number of carbonyl (C=O) groups is 1. The minimum atomic E-state index is -0.730. The fraction of sp³-hybridized carbons (Fsp3) is 0.429. The Labute approximate surface area is 106 Å². The van der Waals surface area contributed by atoms with E-state index >= 15 is 0 Å². The fourth-order valence-electron chi connectivity index (χ4n) is 2.46. The summed E-state index contributed by atoms with van der Waals surface area (Å²) < 4.78 is 0. The van der Waals surface area contributed by atoms with Crippen LogP contribution in [0.4, 0.5) is 0 Å². The average molecular weight is 244 g/mol. The zero-order valence-corrected chi connectivity index (χ0v) is 10.2. The Kier molecular flexibility index (Phi) is 3.96. The molecule has 1 aromatic rings. The lowest BCUT2D eigenvalue weighted by atomic mass is 10.1. The third kappa shape index (κ3) is 3.08. The first-order valence-corrected chi connectivity index (χ1v) is 6.14. The molecule has 1 N–H and O–H groups in total. The van der Waals surface area contributed by atoms with Gasteiger partial charge < -0.3 is 5.11 Å². The van der Waals surface area contributed by atoms with Gasteiger partial charge in [-0.1, -0.05) is 12.1 Å². The lowest BCUT2D eigenvalue weighted by Crippen LogP contribution is -2.30. The largest absolute Gasteiger partial charge is 0.481 e. The summed E-state index contributed by atoms with van der Waals surface area (Å²) in [4.78, 5) is 13.0. The van der Waals surface area contributed by atoms with Gasteiger partial charge in [-0.2, -0.15) is 5.26 Å². The molecule has 1 aliphatic rings. The topological polar surface area (TPSA) is 64.3 Å². The zero-order chi connectivity index (χ0) is 13.0. The average Bonchev–Trinajstić information content (AvgIpc) is 2.77. The van der Waals surface area contributed by atoms with Crippen LogP contribution in [-0.4, -0.2) is 28.6 Å². The Balaban J connectivity index is 1.99. The van der Waals surface area contributed by atoms with E-state index in [0.717, 1.165) is 31.5 Å². The van der Waals surface area contributed by atoms with Crippen LogP contribution in [0, 0.1) is 11.3 Å². The third-order valence-electron chi connectivity index (χ3n) is 3.38. The van der Waals surface area contributed by atoms with E-state index in [1.807, 2.05) is 12.1 Å². The summed E-state index contributed by atoms with van der Waals surface area (Å²) >= 11 is 0. The maximum absolute atomic E-state index is 10.8. The minimum absolute atomic E-state index is 0.151. The van der Waals surface area contributed by atoms with Crippen LogP contribution < -0.4 is 0 Å². The number of hydrogen-bond acceptors (Lipinski definition) is 3. The smallest absolute Gasteiger partial charge is 0.304 e. The number of nitrogens with zero attached hydrogens (tertiary/aromatic N) is 2. The van der Waals surface area contributed by atoms with Crippen molar-refractivity contribution >= 4 is 5.97 Å². The van der Waals surface area contributed by atoms with Gasteiger partial charge in [0.05, 0.1) is 18.1 Å². The van der Waals surface area contributed by atoms with Gasteiger partial charge in [0, 0.05) is 12.6 Å². The van der Waals surface area contributed by atoms with Gasteiger partial charge in [-0.05, 0) is 37.1 Å². The molecule has 1 heterocycles. The van der Waals surface area contributed by atoms with E-state index in [-0.39, 0.29) is 12.5 Å². The number of carboxylic acids is 1. The Morgan fingerprint density at radius 1 is 1.44 bits per heavy atom. The molecule has 1 atom stereocenters. The van der Waals surface area contributed by atoms with Gasteiger partial charge in [0.1, 0.15) is 0 Å². The van der Waals surface area contributed by atoms with Crippen LogP contribution in [-0.2, 0) is 11.3 Å². The number of benzene rings is 1. The maximum atomic E-state index is 10.8. The molecule has 18 heavy (non-hydrogen) atoms. The molecule has 4 nitrogen and oxygen atoms in total. The second kappa shape index (κ2) is 5.65. The monoisotopic (exact) mass is 244 g/mol. The summed E-state index contributed by atoms with van der Waals surface area (Å²) in [5, 5.41) is 17.6. The highest BCUT2D eigenvalue weighted by atomic mass is 16.4. The van der Waals surface area contributed by atoms with Gasteiger partial charge in [0.2, 0.25) is 0 Å². The van der Waals surface area contributed by atoms with Gasteiger partial charge >= 0.3 is 5.97 Å². The molecule has 0 saturated carbocycles. The normalized spacial score (nSPS) is 19.6. The summed E-state index contributed by atoms with van der Waals surface area (Å²) in [7, 11) is 0. The van der Waals surface area contributed by atoms with E-state index in [4.69, 9.17) is 10.4 Å². The fourth-order valence-corrected chi connectivity index (χ4v) is 2.46. The van der Waals surface area contributed by atoms with Gasteiger partial charge in [0.15, 0.2) is 0 Å². The predicted octanol–water partition coefficient (Wildman–Crippen LogP) is 2.00. The second-order valence-electron chi connectivity index (χ2n) is 4.67. The Morgan fingerprint density at radius 3 is 2.78 bits per heavy atom. The summed E-state index contributed by atoms with van der Waals surface area (Å²) in [5.74, 6) is -0.730. The van der Waals surface area contributed by atoms with E-state index in [9.17, 15) is 4.79 Å². The molecule has 1 saturated heterocycles. The first-order valence-electron chi connectivity index (χ1n) is 6.14. The van der Waals surface area contributed by atoms with Gasteiger partial charge in [-0.3, -0.25) is 9.69 Å². The van der Waals surface area contributed by atoms with Crippen molar-refractivity contribution in [2.45, 2.75) is 31.8 Å². The number of carboxylic acid groups (broad SMARTS) is 1. The molecule has 1 unspecified atom stereocenters. The van der Waals surface area contributed by atoms with Crippen molar-refractivity contribution in [3.05, 3.63) is 35.4 Å². The van der Waals surface area contributed by atoms with Crippen LogP contribution in [0.5, 0.6) is 0 Å². The maximum Gasteiger partial charge on any atom is 0.304 e. The van der Waals surface area contributed by atoms with Crippen LogP contribution >= 0.6 is 0 Å². The van der Waals surface area contributed by atoms with Crippen LogP contribution in [0.2, 0.25) is 0 Å². The molecule has 0 amide bonds. The van der Waals surface area contributed by atoms with Crippen molar-refractivity contribution in [2.75, 3.05) is 6.54 Å². The van der Waals surface area contributed by atoms with Crippen molar-refractivity contribution in [2.24, 2.45) is 0 Å². The number of rotatable bonds is 4. The molecule has 1 aromatic carbocycles. The third-order valence-corrected chi connectivity index (χ3v) is 3.38. The van der Waals surface area contributed by atoms with E-state index in [0.29, 0.717) is 5.56 Å². The standard InChI is InChI=1S/C14H16N2O2/c15-9-11-3-5-12(6-4-11)10-16-7-1-2-13(16)8-14(17)18/h3-6,13H,1-2,7-8,10H2,(H,17,18). The SMILES string of the molecule is N#Cc1ccc(CN2CCCC2CC(=O)O)cc1. The molecular weight excluding hydrogens is 228 g/mol. The molecule has 0 aromatic heterocycles. The van der Waals surface area contributed by atoms with Gasteiger partial charge in [0.25, 0.3) is 0 Å². The number of aliphatic carboxylic acids is 1. The van der Waals surface area contributed by atoms with E-state index in [1.54, 1.807) is 12.1 Å². The van der Waals surface area contributed by atoms with Crippen LogP contribution in [0.3, 0.4) is 0 Å². The predicted molar refractivity (Wildman–Crippen MR) is 66.8 cm³/mol. The quantitative estimate of drug-likeness (QED) is 0.879. The number of nitriles is 1. The molecule has 0 spiro atoms. The molecule has 94 valence electrons. The van der Waals surface area contributed by atoms with Crippen LogP contribution in [0.25, 0.3) is 0 Å². The van der Waals surface area contributed by atoms with E-state index in [1.165, 1.54) is 0 Å². The van der Waals surface area contributed by atoms with Gasteiger partial charge in [-0.15, -0.1) is 0 Å². The molecule has 4 heteroatoms. The minimum Gasteiger partial charge on any atom is -0.481 e. The highest BCUT2D eigenvalue weighted by Gasteiger charge is 2.26. The molecule has 0 radical (unpaired) electrons. The zero-order valence-electron chi connectivity index (χ0n) is 10.2. The number of likely N-dealkylation sites (tertiary alicyclic amines) is 1. The summed E-state index contributed by atoms with van der Waals surface area (Å²) in [6.45, 7) is 1.72. The molecule has 2 rings (SSSR count).